The minimum absolute atomic E-state index is 0.0289. The molecule has 0 aliphatic heterocycles. The van der Waals surface area contributed by atoms with Crippen molar-refractivity contribution in [2.75, 3.05) is 0 Å². The Morgan fingerprint density at radius 3 is 2.40 bits per heavy atom. The van der Waals surface area contributed by atoms with Crippen LogP contribution in [0.25, 0.3) is 0 Å². The molecule has 0 bridgehead atoms. The van der Waals surface area contributed by atoms with Crippen LogP contribution in [0.15, 0.2) is 0 Å². The summed E-state index contributed by atoms with van der Waals surface area (Å²) < 4.78 is 0. The molecular weight excluding hydrogens is 131 g/mol. The van der Waals surface area contributed by atoms with E-state index in [1.54, 1.807) is 0 Å². The minimum Gasteiger partial charge on any atom is -0.481 e. The molecule has 0 aromatic carbocycles. The average Bonchev–Trinajstić information content (AvgIpc) is 1.85. The van der Waals surface area contributed by atoms with Crippen molar-refractivity contribution in [3.8, 4) is 0 Å². The molecule has 56 valence electrons. The zero-order valence-corrected chi connectivity index (χ0v) is 6.09. The van der Waals surface area contributed by atoms with Gasteiger partial charge in [-0.3, -0.25) is 4.79 Å². The molecule has 0 saturated carbocycles. The van der Waals surface area contributed by atoms with Gasteiger partial charge < -0.3 is 9.90 Å². The van der Waals surface area contributed by atoms with Crippen LogP contribution in [-0.4, -0.2) is 24.0 Å². The molecule has 0 aliphatic carbocycles. The van der Waals surface area contributed by atoms with E-state index >= 15 is 0 Å². The van der Waals surface area contributed by atoms with Crippen LogP contribution in [0.4, 0.5) is 0 Å². The molecule has 0 amide bonds. The summed E-state index contributed by atoms with van der Waals surface area (Å²) in [6.45, 7) is 1.90. The van der Waals surface area contributed by atoms with Crippen LogP contribution in [-0.2, 0) is 9.59 Å². The van der Waals surface area contributed by atoms with Gasteiger partial charge in [-0.2, -0.15) is 0 Å². The van der Waals surface area contributed by atoms with E-state index in [0.29, 0.717) is 7.28 Å². The molecule has 0 rings (SSSR count). The first-order valence-corrected chi connectivity index (χ1v) is 3.40. The number of carbonyl (C=O) groups is 2. The maximum atomic E-state index is 10.7. The van der Waals surface area contributed by atoms with Crippen molar-refractivity contribution >= 4 is 18.9 Å². The summed E-state index contributed by atoms with van der Waals surface area (Å²) in [6, 6.07) is 0. The third kappa shape index (κ3) is 5.34. The second-order valence-corrected chi connectivity index (χ2v) is 2.18. The third-order valence-corrected chi connectivity index (χ3v) is 1.15. The third-order valence-electron chi connectivity index (χ3n) is 1.15. The van der Waals surface area contributed by atoms with Gasteiger partial charge in [0.25, 0.3) is 0 Å². The normalized spacial score (nSPS) is 8.90. The molecule has 0 aromatic heterocycles. The first-order chi connectivity index (χ1) is 4.66. The predicted octanol–water partition coefficient (Wildman–Crippen LogP) is 0.252. The Bertz CT molecular complexity index is 133. The second-order valence-electron chi connectivity index (χ2n) is 2.18. The van der Waals surface area contributed by atoms with Crippen molar-refractivity contribution in [3.63, 3.8) is 0 Å². The summed E-state index contributed by atoms with van der Waals surface area (Å²) >= 11 is 0. The zero-order chi connectivity index (χ0) is 7.98. The fraction of sp³-hybridized carbons (Fsp3) is 0.667. The average molecular weight is 142 g/mol. The lowest BCUT2D eigenvalue weighted by Gasteiger charge is -1.91. The number of carboxylic acid groups (broad SMARTS) is 1. The van der Waals surface area contributed by atoms with Crippen molar-refractivity contribution in [2.24, 2.45) is 0 Å². The fourth-order valence-corrected chi connectivity index (χ4v) is 0.650. The van der Waals surface area contributed by atoms with Crippen LogP contribution in [0, 0.1) is 0 Å². The largest absolute Gasteiger partial charge is 0.481 e. The van der Waals surface area contributed by atoms with Gasteiger partial charge in [0, 0.05) is 6.42 Å². The van der Waals surface area contributed by atoms with Crippen molar-refractivity contribution in [1.82, 2.24) is 0 Å². The Balaban J connectivity index is 3.30. The molecule has 0 atom stereocenters. The highest BCUT2D eigenvalue weighted by molar-refractivity contribution is 6.73. The van der Waals surface area contributed by atoms with E-state index in [9.17, 15) is 9.59 Å². The molecule has 0 unspecified atom stereocenters. The van der Waals surface area contributed by atoms with Gasteiger partial charge in [0.2, 0.25) is 7.28 Å². The molecule has 0 fully saturated rings. The molecule has 4 heteroatoms. The SMILES string of the molecule is CCBC(=O)CCC(=O)O. The minimum atomic E-state index is -0.899. The Labute approximate surface area is 60.7 Å². The first-order valence-electron chi connectivity index (χ1n) is 3.40. The Morgan fingerprint density at radius 2 is 2.00 bits per heavy atom. The highest BCUT2D eigenvalue weighted by Crippen LogP contribution is 1.90. The topological polar surface area (TPSA) is 54.4 Å². The van der Waals surface area contributed by atoms with Crippen molar-refractivity contribution in [2.45, 2.75) is 26.1 Å². The lowest BCUT2D eigenvalue weighted by molar-refractivity contribution is -0.138. The highest BCUT2D eigenvalue weighted by atomic mass is 16.4. The maximum Gasteiger partial charge on any atom is 0.303 e. The van der Waals surface area contributed by atoms with E-state index in [2.05, 4.69) is 0 Å². The van der Waals surface area contributed by atoms with Crippen LogP contribution < -0.4 is 0 Å². The lowest BCUT2D eigenvalue weighted by Crippen LogP contribution is -2.09. The van der Waals surface area contributed by atoms with E-state index in [4.69, 9.17) is 5.11 Å². The summed E-state index contributed by atoms with van der Waals surface area (Å²) in [4.78, 5) is 20.6. The monoisotopic (exact) mass is 142 g/mol. The number of carbonyl (C=O) groups excluding carboxylic acids is 1. The molecule has 3 nitrogen and oxygen atoms in total. The van der Waals surface area contributed by atoms with Crippen molar-refractivity contribution in [1.29, 1.82) is 0 Å². The van der Waals surface area contributed by atoms with E-state index in [-0.39, 0.29) is 18.5 Å². The van der Waals surface area contributed by atoms with Gasteiger partial charge in [0.15, 0.2) is 0 Å². The van der Waals surface area contributed by atoms with Gasteiger partial charge in [-0.25, -0.2) is 0 Å². The maximum absolute atomic E-state index is 10.7. The van der Waals surface area contributed by atoms with Gasteiger partial charge in [-0.05, 0) is 0 Å². The molecule has 0 aromatic rings. The molecule has 0 aliphatic rings. The standard InChI is InChI=1S/C6H11BO3/c1-2-7-5(8)3-4-6(9)10/h7H,2-4H2,1H3,(H,9,10). The second kappa shape index (κ2) is 5.03. The molecule has 1 N–H and O–H groups in total. The summed E-state index contributed by atoms with van der Waals surface area (Å²) in [5.41, 5.74) is 0.0462. The van der Waals surface area contributed by atoms with Crippen LogP contribution >= 0.6 is 0 Å². The number of carboxylic acids is 1. The van der Waals surface area contributed by atoms with E-state index in [0.717, 1.165) is 6.32 Å². The molecule has 10 heavy (non-hydrogen) atoms. The van der Waals surface area contributed by atoms with Gasteiger partial charge in [0.05, 0.1) is 12.1 Å². The molecular formula is C6H11BO3. The zero-order valence-electron chi connectivity index (χ0n) is 6.09. The molecule has 0 saturated heterocycles. The van der Waals surface area contributed by atoms with Crippen molar-refractivity contribution in [3.05, 3.63) is 0 Å². The van der Waals surface area contributed by atoms with Crippen LogP contribution in [0.1, 0.15) is 19.8 Å². The Hall–Kier alpha value is -0.795. The summed E-state index contributed by atoms with van der Waals surface area (Å²) in [6.07, 6.45) is 0.959. The van der Waals surface area contributed by atoms with E-state index < -0.39 is 5.97 Å². The Morgan fingerprint density at radius 1 is 1.40 bits per heavy atom. The van der Waals surface area contributed by atoms with Crippen LogP contribution in [0.3, 0.4) is 0 Å². The molecule has 0 radical (unpaired) electrons. The summed E-state index contributed by atoms with van der Waals surface area (Å²) in [5.74, 6) is -0.899. The molecule has 0 heterocycles. The predicted molar refractivity (Wildman–Crippen MR) is 39.5 cm³/mol. The first kappa shape index (κ1) is 9.20. The van der Waals surface area contributed by atoms with Gasteiger partial charge in [0.1, 0.15) is 0 Å². The summed E-state index contributed by atoms with van der Waals surface area (Å²) in [7, 11) is 0.507. The quantitative estimate of drug-likeness (QED) is 0.559. The van der Waals surface area contributed by atoms with E-state index in [1.807, 2.05) is 6.92 Å². The van der Waals surface area contributed by atoms with Crippen LogP contribution in [0.2, 0.25) is 6.32 Å². The summed E-state index contributed by atoms with van der Waals surface area (Å²) in [5, 5.41) is 8.18. The highest BCUT2D eigenvalue weighted by Gasteiger charge is 2.04. The van der Waals surface area contributed by atoms with Crippen molar-refractivity contribution < 1.29 is 14.7 Å². The van der Waals surface area contributed by atoms with Gasteiger partial charge in [-0.1, -0.05) is 13.2 Å². The number of aliphatic carboxylic acids is 1. The molecule has 0 spiro atoms. The fourth-order valence-electron chi connectivity index (χ4n) is 0.650. The number of hydrogen-bond acceptors (Lipinski definition) is 2. The smallest absolute Gasteiger partial charge is 0.303 e. The Kier molecular flexibility index (Phi) is 4.63. The van der Waals surface area contributed by atoms with E-state index in [1.165, 1.54) is 0 Å². The number of hydrogen-bond donors (Lipinski definition) is 1. The van der Waals surface area contributed by atoms with Gasteiger partial charge in [-0.15, -0.1) is 0 Å². The van der Waals surface area contributed by atoms with Gasteiger partial charge >= 0.3 is 5.97 Å². The van der Waals surface area contributed by atoms with Crippen LogP contribution in [0.5, 0.6) is 0 Å². The number of rotatable bonds is 5. The lowest BCUT2D eigenvalue weighted by atomic mass is 9.69.